The molecule has 41 heavy (non-hydrogen) atoms. The minimum atomic E-state index is 0.812. The highest BCUT2D eigenvalue weighted by molar-refractivity contribution is 5.61. The lowest BCUT2D eigenvalue weighted by Crippen LogP contribution is -2.21. The van der Waals surface area contributed by atoms with Gasteiger partial charge in [-0.05, 0) is 67.0 Å². The van der Waals surface area contributed by atoms with Gasteiger partial charge >= 0.3 is 0 Å². The second kappa shape index (κ2) is 22.8. The molecular formula is C40H45N. The molecule has 0 aliphatic heterocycles. The van der Waals surface area contributed by atoms with E-state index >= 15 is 0 Å². The Labute approximate surface area is 250 Å². The van der Waals surface area contributed by atoms with E-state index in [2.05, 4.69) is 63.6 Å². The molecule has 0 unspecified atom stereocenters. The third-order valence-corrected chi connectivity index (χ3v) is 5.30. The highest BCUT2D eigenvalue weighted by Gasteiger charge is 2.19. The molecular weight excluding hydrogens is 494 g/mol. The van der Waals surface area contributed by atoms with Crippen molar-refractivity contribution in [3.63, 3.8) is 0 Å². The smallest absolute Gasteiger partial charge is 0.0534 e. The van der Waals surface area contributed by atoms with Gasteiger partial charge in [0.1, 0.15) is 0 Å². The zero-order valence-electron chi connectivity index (χ0n) is 24.9. The fourth-order valence-corrected chi connectivity index (χ4v) is 3.61. The lowest BCUT2D eigenvalue weighted by Gasteiger charge is -2.30. The third kappa shape index (κ3) is 12.5. The molecule has 0 spiro atoms. The normalized spacial score (nSPS) is 14.5. The van der Waals surface area contributed by atoms with Gasteiger partial charge in [-0.2, -0.15) is 0 Å². The molecule has 0 bridgehead atoms. The zero-order valence-corrected chi connectivity index (χ0v) is 24.9. The first-order valence-corrected chi connectivity index (χ1v) is 13.3. The molecule has 0 saturated carbocycles. The zero-order chi connectivity index (χ0) is 30.9. The van der Waals surface area contributed by atoms with E-state index in [9.17, 15) is 0 Å². The number of nitrogens with zero attached hydrogens (tertiary/aromatic N) is 1. The van der Waals surface area contributed by atoms with Gasteiger partial charge in [-0.15, -0.1) is 0 Å². The predicted octanol–water partition coefficient (Wildman–Crippen LogP) is 11.4. The van der Waals surface area contributed by atoms with E-state index in [0.29, 0.717) is 0 Å². The maximum absolute atomic E-state index is 4.26. The molecule has 0 radical (unpaired) electrons. The molecule has 1 nitrogen and oxygen atoms in total. The average molecular weight is 540 g/mol. The first-order chi connectivity index (χ1) is 20.0. The van der Waals surface area contributed by atoms with Crippen LogP contribution in [0.2, 0.25) is 0 Å². The molecule has 0 fully saturated rings. The van der Waals surface area contributed by atoms with Crippen molar-refractivity contribution in [2.75, 3.05) is 0 Å². The minimum absolute atomic E-state index is 0.812. The van der Waals surface area contributed by atoms with E-state index in [1.165, 1.54) is 0 Å². The minimum Gasteiger partial charge on any atom is -0.310 e. The molecule has 0 atom stereocenters. The Morgan fingerprint density at radius 1 is 0.463 bits per heavy atom. The van der Waals surface area contributed by atoms with E-state index in [1.54, 1.807) is 36.5 Å². The summed E-state index contributed by atoms with van der Waals surface area (Å²) >= 11 is 0. The van der Waals surface area contributed by atoms with Crippen LogP contribution in [0.25, 0.3) is 0 Å². The fraction of sp³-hybridized carbons (Fsp3) is 0.0500. The summed E-state index contributed by atoms with van der Waals surface area (Å²) < 4.78 is 0. The first kappa shape index (κ1) is 35.9. The van der Waals surface area contributed by atoms with Crippen molar-refractivity contribution in [3.8, 4) is 0 Å². The maximum atomic E-state index is 4.26. The topological polar surface area (TPSA) is 3.24 Å². The van der Waals surface area contributed by atoms with Crippen LogP contribution in [0.15, 0.2) is 232 Å². The van der Waals surface area contributed by atoms with Crippen LogP contribution in [0.3, 0.4) is 0 Å². The number of allylic oxidation sites excluding steroid dienone is 27. The molecule has 0 aromatic carbocycles. The molecule has 0 aliphatic carbocycles. The van der Waals surface area contributed by atoms with Gasteiger partial charge < -0.3 is 4.90 Å². The Kier molecular flexibility index (Phi) is 19.9. The molecule has 0 aromatic rings. The Morgan fingerprint density at radius 3 is 1.49 bits per heavy atom. The Bertz CT molecular complexity index is 1310. The van der Waals surface area contributed by atoms with Crippen molar-refractivity contribution in [1.82, 2.24) is 4.90 Å². The molecule has 210 valence electrons. The Balaban J connectivity index is 8.54. The summed E-state index contributed by atoms with van der Waals surface area (Å²) in [5, 5.41) is 0. The van der Waals surface area contributed by atoms with Crippen LogP contribution in [-0.4, -0.2) is 4.90 Å². The molecule has 0 N–H and O–H groups in total. The summed E-state index contributed by atoms with van der Waals surface area (Å²) in [4.78, 5) is 2.12. The van der Waals surface area contributed by atoms with Crippen molar-refractivity contribution >= 4 is 0 Å². The van der Waals surface area contributed by atoms with Gasteiger partial charge in [0.15, 0.2) is 0 Å². The van der Waals surface area contributed by atoms with E-state index in [1.807, 2.05) is 111 Å². The van der Waals surface area contributed by atoms with Crippen LogP contribution in [-0.2, 0) is 0 Å². The van der Waals surface area contributed by atoms with E-state index < -0.39 is 0 Å². The fourth-order valence-electron chi connectivity index (χ4n) is 3.61. The molecule has 0 rings (SSSR count). The van der Waals surface area contributed by atoms with E-state index in [0.717, 1.165) is 39.4 Å². The second-order valence-electron chi connectivity index (χ2n) is 8.09. The van der Waals surface area contributed by atoms with Gasteiger partial charge in [0, 0.05) is 17.0 Å². The molecule has 0 heterocycles. The standard InChI is InChI=1S/C40H45N/c1-11-21-29-35(25-15-5)34(19-9)33-39(36(26-16-6)30-22-12-2)40(20-10)41(37(27-17-7)31-23-13-3)38(28-18-8)32-24-14-4/h11-33H,1-3,5-7,9-10H2,4,8H3/b24-14-,28-18-,29-21-,30-22-,31-23-,34-33+,35-25+,36-26+,37-27+,38-32+,40-39+. The van der Waals surface area contributed by atoms with Crippen LogP contribution in [0.1, 0.15) is 13.8 Å². The molecule has 0 aliphatic rings. The summed E-state index contributed by atoms with van der Waals surface area (Å²) in [6.07, 6.45) is 43.7. The summed E-state index contributed by atoms with van der Waals surface area (Å²) in [7, 11) is 0. The van der Waals surface area contributed by atoms with Crippen LogP contribution >= 0.6 is 0 Å². The lowest BCUT2D eigenvalue weighted by atomic mass is 9.94. The summed E-state index contributed by atoms with van der Waals surface area (Å²) in [5.74, 6) is 0. The monoisotopic (exact) mass is 539 g/mol. The van der Waals surface area contributed by atoms with Gasteiger partial charge in [-0.25, -0.2) is 0 Å². The largest absolute Gasteiger partial charge is 0.310 e. The van der Waals surface area contributed by atoms with Gasteiger partial charge in [-0.1, -0.05) is 156 Å². The van der Waals surface area contributed by atoms with Crippen LogP contribution in [0.4, 0.5) is 0 Å². The van der Waals surface area contributed by atoms with Crippen molar-refractivity contribution in [1.29, 1.82) is 0 Å². The Hall–Kier alpha value is -5.14. The van der Waals surface area contributed by atoms with Crippen LogP contribution in [0.5, 0.6) is 0 Å². The van der Waals surface area contributed by atoms with E-state index in [4.69, 9.17) is 0 Å². The van der Waals surface area contributed by atoms with E-state index in [-0.39, 0.29) is 0 Å². The van der Waals surface area contributed by atoms with Crippen molar-refractivity contribution < 1.29 is 0 Å². The maximum Gasteiger partial charge on any atom is 0.0534 e. The van der Waals surface area contributed by atoms with Crippen LogP contribution in [0, 0.1) is 0 Å². The van der Waals surface area contributed by atoms with Crippen molar-refractivity contribution in [2.45, 2.75) is 13.8 Å². The Morgan fingerprint density at radius 2 is 1.00 bits per heavy atom. The van der Waals surface area contributed by atoms with Gasteiger partial charge in [-0.3, -0.25) is 0 Å². The first-order valence-electron chi connectivity index (χ1n) is 13.3. The van der Waals surface area contributed by atoms with Gasteiger partial charge in [0.25, 0.3) is 0 Å². The highest BCUT2D eigenvalue weighted by Crippen LogP contribution is 2.32. The highest BCUT2D eigenvalue weighted by atomic mass is 15.2. The number of hydrogen-bond acceptors (Lipinski definition) is 1. The molecule has 1 heteroatoms. The average Bonchev–Trinajstić information content (AvgIpc) is 2.98. The second-order valence-corrected chi connectivity index (χ2v) is 8.09. The lowest BCUT2D eigenvalue weighted by molar-refractivity contribution is 0.574. The van der Waals surface area contributed by atoms with Crippen molar-refractivity contribution in [2.24, 2.45) is 0 Å². The molecule has 0 amide bonds. The third-order valence-electron chi connectivity index (χ3n) is 5.30. The quantitative estimate of drug-likeness (QED) is 0.148. The molecule has 0 saturated heterocycles. The SMILES string of the molecule is C=C\C=C/C(=C\C=C)C(/C=C)=C/C(C(/C=C\C=C)=C/C=C)=C(/C=C)N(C(/C=C\C=C)=C/C=C)C(/C=C\C)=C/C=C\C. The van der Waals surface area contributed by atoms with Crippen molar-refractivity contribution in [3.05, 3.63) is 232 Å². The summed E-state index contributed by atoms with van der Waals surface area (Å²) in [6.45, 7) is 35.7. The van der Waals surface area contributed by atoms with Gasteiger partial charge in [0.05, 0.1) is 5.70 Å². The summed E-state index contributed by atoms with van der Waals surface area (Å²) in [5.41, 5.74) is 6.13. The number of hydrogen-bond donors (Lipinski definition) is 0. The predicted molar refractivity (Wildman–Crippen MR) is 188 cm³/mol. The number of rotatable bonds is 19. The summed E-state index contributed by atoms with van der Waals surface area (Å²) in [6, 6.07) is 0. The van der Waals surface area contributed by atoms with Gasteiger partial charge in [0.2, 0.25) is 0 Å². The van der Waals surface area contributed by atoms with Crippen LogP contribution < -0.4 is 0 Å². The molecule has 0 aromatic heterocycles.